The number of carbonyl (C=O) groups excluding carboxylic acids is 1. The normalized spacial score (nSPS) is 28.7. The highest BCUT2D eigenvalue weighted by Crippen LogP contribution is 2.47. The maximum absolute atomic E-state index is 13.6. The van der Waals surface area contributed by atoms with Crippen molar-refractivity contribution >= 4 is 52.4 Å². The van der Waals surface area contributed by atoms with Gasteiger partial charge in [-0.3, -0.25) is 14.4 Å². The van der Waals surface area contributed by atoms with Gasteiger partial charge in [0.1, 0.15) is 22.3 Å². The van der Waals surface area contributed by atoms with Gasteiger partial charge in [0.05, 0.1) is 17.5 Å². The molecule has 3 aromatic carbocycles. The summed E-state index contributed by atoms with van der Waals surface area (Å²) in [5.74, 6) is 1.13. The molecule has 13 heteroatoms. The molecule has 2 fully saturated rings. The number of carbonyl (C=O) groups is 1. The van der Waals surface area contributed by atoms with Gasteiger partial charge in [0.2, 0.25) is 0 Å². The second-order valence-electron chi connectivity index (χ2n) is 17.0. The van der Waals surface area contributed by atoms with E-state index in [9.17, 15) is 19.1 Å². The Morgan fingerprint density at radius 1 is 1.02 bits per heavy atom. The monoisotopic (exact) mass is 830 g/mol. The lowest BCUT2D eigenvalue weighted by Gasteiger charge is -2.52. The Morgan fingerprint density at radius 3 is 2.50 bits per heavy atom. The zero-order valence-electron chi connectivity index (χ0n) is 34.7. The number of allylic oxidation sites excluding steroid dienone is 1. The number of fused-ring (bicyclic) bond motifs is 2. The lowest BCUT2D eigenvalue weighted by molar-refractivity contribution is -0.0919. The Kier molecular flexibility index (Phi) is 13.6. The molecule has 4 aliphatic rings. The molecule has 0 aromatic heterocycles. The number of nitrogens with one attached hydrogen (secondary N) is 1. The Morgan fingerprint density at radius 2 is 1.81 bits per heavy atom. The number of anilines is 2. The average molecular weight is 831 g/mol. The SMILES string of the molecule is CCCc1cc(Cl)ccc1C1COc2ccc3cc2N(C1)CC1CCC1C(CN1CCN(c2ccc(B(O)O)c(C)c2)CC1)(OC)/C=C/CC(C)C(C)S(=O)NC3=O. The molecule has 1 aliphatic carbocycles. The second kappa shape index (κ2) is 18.5. The minimum atomic E-state index is -1.58. The minimum Gasteiger partial charge on any atom is -0.491 e. The van der Waals surface area contributed by atoms with Crippen molar-refractivity contribution in [2.75, 3.05) is 69.3 Å². The van der Waals surface area contributed by atoms with Crippen molar-refractivity contribution in [3.63, 3.8) is 0 Å². The number of rotatable bonds is 8. The number of halogens is 1. The van der Waals surface area contributed by atoms with Gasteiger partial charge >= 0.3 is 7.12 Å². The predicted octanol–water partition coefficient (Wildman–Crippen LogP) is 5.87. The molecule has 7 rings (SSSR count). The van der Waals surface area contributed by atoms with E-state index in [1.54, 1.807) is 6.07 Å². The topological polar surface area (TPSA) is 115 Å². The summed E-state index contributed by atoms with van der Waals surface area (Å²) in [7, 11) is -1.20. The molecule has 3 N–H and O–H groups in total. The van der Waals surface area contributed by atoms with Crippen LogP contribution in [0.3, 0.4) is 0 Å². The maximum atomic E-state index is 13.6. The predicted molar refractivity (Wildman–Crippen MR) is 236 cm³/mol. The van der Waals surface area contributed by atoms with Crippen LogP contribution in [0.5, 0.6) is 5.75 Å². The van der Waals surface area contributed by atoms with Gasteiger partial charge in [-0.25, -0.2) is 4.21 Å². The first-order chi connectivity index (χ1) is 27.9. The number of nitrogens with zero attached hydrogens (tertiary/aromatic N) is 3. The van der Waals surface area contributed by atoms with Gasteiger partial charge in [0.15, 0.2) is 0 Å². The van der Waals surface area contributed by atoms with E-state index in [4.69, 9.17) is 21.1 Å². The molecule has 10 nitrogen and oxygen atoms in total. The molecule has 3 aromatic rings. The minimum absolute atomic E-state index is 0.0562. The number of ether oxygens (including phenoxy) is 2. The first-order valence-corrected chi connectivity index (χ1v) is 22.7. The summed E-state index contributed by atoms with van der Waals surface area (Å²) in [4.78, 5) is 21.0. The van der Waals surface area contributed by atoms with E-state index in [-0.39, 0.29) is 28.9 Å². The number of benzene rings is 3. The van der Waals surface area contributed by atoms with Gasteiger partial charge in [0, 0.05) is 75.1 Å². The zero-order valence-corrected chi connectivity index (χ0v) is 36.2. The fourth-order valence-electron chi connectivity index (χ4n) is 9.53. The standard InChI is InChI=1S/C45H60BClN4O6S/c1-6-8-33-24-37(47)12-14-39(33)36-27-51-26-35-10-15-40(35)45(56-5,29-49-19-21-50(22-20-49)38-13-16-41(46(53)54)31(3)23-38)18-7-9-30(2)32(4)58(55)48-44(52)34-11-17-43(57-28-36)42(51)25-34/h7,11-14,16-18,23-25,30,32,35-36,40,53-54H,6,8-10,15,19-22,26-29H2,1-5H3,(H,48,52)/b18-7+. The van der Waals surface area contributed by atoms with Crippen LogP contribution in [0.4, 0.5) is 11.4 Å². The van der Waals surface area contributed by atoms with E-state index >= 15 is 0 Å². The van der Waals surface area contributed by atoms with Crippen LogP contribution in [0.2, 0.25) is 5.02 Å². The lowest BCUT2D eigenvalue weighted by Crippen LogP contribution is -2.58. The van der Waals surface area contributed by atoms with Gasteiger partial charge in [-0.15, -0.1) is 0 Å². The third-order valence-corrected chi connectivity index (χ3v) is 15.1. The molecule has 312 valence electrons. The molecule has 1 amide bonds. The van der Waals surface area contributed by atoms with E-state index in [0.29, 0.717) is 30.0 Å². The number of aryl methyl sites for hydroxylation is 2. The molecular weight excluding hydrogens is 771 g/mol. The van der Waals surface area contributed by atoms with Crippen LogP contribution in [0.1, 0.15) is 79.4 Å². The first-order valence-electron chi connectivity index (χ1n) is 21.1. The molecule has 2 bridgehead atoms. The third-order valence-electron chi connectivity index (χ3n) is 13.4. The molecule has 1 saturated heterocycles. The van der Waals surface area contributed by atoms with Crippen molar-refractivity contribution < 1.29 is 28.5 Å². The van der Waals surface area contributed by atoms with Crippen molar-refractivity contribution in [3.8, 4) is 5.75 Å². The van der Waals surface area contributed by atoms with Gasteiger partial charge in [-0.2, -0.15) is 0 Å². The first kappa shape index (κ1) is 42.7. The van der Waals surface area contributed by atoms with Crippen LogP contribution in [-0.4, -0.2) is 103 Å². The highest BCUT2D eigenvalue weighted by Gasteiger charge is 2.48. The maximum Gasteiger partial charge on any atom is 0.488 e. The Balaban J connectivity index is 1.20. The molecule has 3 heterocycles. The molecule has 1 saturated carbocycles. The van der Waals surface area contributed by atoms with Crippen molar-refractivity contribution in [1.29, 1.82) is 0 Å². The highest BCUT2D eigenvalue weighted by atomic mass is 35.5. The van der Waals surface area contributed by atoms with Gasteiger partial charge < -0.3 is 29.3 Å². The van der Waals surface area contributed by atoms with Crippen LogP contribution in [0, 0.1) is 24.7 Å². The quantitative estimate of drug-likeness (QED) is 0.190. The number of hydrogen-bond donors (Lipinski definition) is 3. The van der Waals surface area contributed by atoms with Gasteiger partial charge in [-0.05, 0) is 122 Å². The molecule has 58 heavy (non-hydrogen) atoms. The third kappa shape index (κ3) is 9.17. The van der Waals surface area contributed by atoms with Crippen molar-refractivity contribution in [1.82, 2.24) is 9.62 Å². The van der Waals surface area contributed by atoms with Crippen LogP contribution in [-0.2, 0) is 22.1 Å². The Bertz CT molecular complexity index is 1990. The van der Waals surface area contributed by atoms with E-state index in [2.05, 4.69) is 57.6 Å². The smallest absolute Gasteiger partial charge is 0.488 e. The fourth-order valence-corrected chi connectivity index (χ4v) is 10.7. The largest absolute Gasteiger partial charge is 0.491 e. The number of methoxy groups -OCH3 is 1. The average Bonchev–Trinajstić information content (AvgIpc) is 3.37. The number of amides is 1. The Hall–Kier alpha value is -3.39. The molecule has 0 spiro atoms. The number of piperazine rings is 1. The van der Waals surface area contributed by atoms with Crippen molar-refractivity contribution in [2.45, 2.75) is 76.6 Å². The summed E-state index contributed by atoms with van der Waals surface area (Å²) in [5, 5.41) is 20.0. The summed E-state index contributed by atoms with van der Waals surface area (Å²) >= 11 is 6.52. The summed E-state index contributed by atoms with van der Waals surface area (Å²) in [5.41, 5.74) is 5.80. The number of hydrogen-bond acceptors (Lipinski definition) is 9. The lowest BCUT2D eigenvalue weighted by atomic mass is 9.63. The van der Waals surface area contributed by atoms with E-state index in [1.165, 1.54) is 11.1 Å². The van der Waals surface area contributed by atoms with E-state index in [0.717, 1.165) is 99.2 Å². The van der Waals surface area contributed by atoms with Crippen molar-refractivity contribution in [2.24, 2.45) is 17.8 Å². The van der Waals surface area contributed by atoms with Gasteiger partial charge in [0.25, 0.3) is 5.91 Å². The molecule has 7 atom stereocenters. The summed E-state index contributed by atoms with van der Waals surface area (Å²) in [6.07, 6.45) is 9.30. The van der Waals surface area contributed by atoms with Crippen LogP contribution >= 0.6 is 11.6 Å². The van der Waals surface area contributed by atoms with Crippen LogP contribution in [0.25, 0.3) is 0 Å². The van der Waals surface area contributed by atoms with Crippen molar-refractivity contribution in [3.05, 3.63) is 94.0 Å². The van der Waals surface area contributed by atoms with E-state index < -0.39 is 23.7 Å². The zero-order chi connectivity index (χ0) is 41.1. The summed E-state index contributed by atoms with van der Waals surface area (Å²) < 4.78 is 29.7. The van der Waals surface area contributed by atoms with Crippen LogP contribution in [0.15, 0.2) is 66.7 Å². The van der Waals surface area contributed by atoms with E-state index in [1.807, 2.05) is 57.4 Å². The highest BCUT2D eigenvalue weighted by molar-refractivity contribution is 7.84. The molecule has 0 radical (unpaired) electrons. The summed E-state index contributed by atoms with van der Waals surface area (Å²) in [6.45, 7) is 14.3. The molecule has 3 aliphatic heterocycles. The van der Waals surface area contributed by atoms with Crippen LogP contribution < -0.4 is 24.7 Å². The fraction of sp³-hybridized carbons (Fsp3) is 0.533. The van der Waals surface area contributed by atoms with Gasteiger partial charge in [-0.1, -0.05) is 56.2 Å². The Labute approximate surface area is 352 Å². The molecular formula is C45H60BClN4O6S. The molecule has 7 unspecified atom stereocenters. The second-order valence-corrected chi connectivity index (χ2v) is 19.0. The summed E-state index contributed by atoms with van der Waals surface area (Å²) in [6, 6.07) is 17.7.